The number of nitrogens with zero attached hydrogens (tertiary/aromatic N) is 1. The molecule has 1 atom stereocenters. The van der Waals surface area contributed by atoms with Gasteiger partial charge in [0.15, 0.2) is 0 Å². The number of hydrogen-bond acceptors (Lipinski definition) is 4. The van der Waals surface area contributed by atoms with Crippen molar-refractivity contribution in [1.82, 2.24) is 4.90 Å². The molecule has 1 unspecified atom stereocenters. The number of carbonyl (C=O) groups is 1. The van der Waals surface area contributed by atoms with Crippen molar-refractivity contribution >= 4 is 5.97 Å². The first-order chi connectivity index (χ1) is 6.42. The number of aliphatic hydroxyl groups is 1. The van der Waals surface area contributed by atoms with Gasteiger partial charge in [0.1, 0.15) is 6.61 Å². The normalized spacial score (nSPS) is 24.4. The van der Waals surface area contributed by atoms with Crippen LogP contribution in [-0.2, 0) is 9.53 Å². The lowest BCUT2D eigenvalue weighted by Crippen LogP contribution is -2.55. The number of aliphatic hydroxyl groups excluding tert-OH is 1. The third kappa shape index (κ3) is 2.96. The largest absolute Gasteiger partial charge is 0.463 e. The summed E-state index contributed by atoms with van der Waals surface area (Å²) in [5, 5.41) is 9.18. The fraction of sp³-hybridized carbons (Fsp3) is 0.900. The Morgan fingerprint density at radius 2 is 2.29 bits per heavy atom. The number of cyclic esters (lactones) is 1. The Hall–Kier alpha value is -0.610. The van der Waals surface area contributed by atoms with Crippen LogP contribution >= 0.6 is 0 Å². The zero-order valence-corrected chi connectivity index (χ0v) is 9.12. The van der Waals surface area contributed by atoms with E-state index in [-0.39, 0.29) is 17.6 Å². The number of carbonyl (C=O) groups excluding carboxylic acids is 1. The van der Waals surface area contributed by atoms with Crippen molar-refractivity contribution in [2.45, 2.75) is 38.8 Å². The van der Waals surface area contributed by atoms with Gasteiger partial charge in [0.2, 0.25) is 0 Å². The summed E-state index contributed by atoms with van der Waals surface area (Å²) in [6.45, 7) is 7.35. The zero-order valence-electron chi connectivity index (χ0n) is 9.12. The highest BCUT2D eigenvalue weighted by atomic mass is 16.5. The summed E-state index contributed by atoms with van der Waals surface area (Å²) in [6, 6.07) is 0. The molecule has 1 rings (SSSR count). The standard InChI is InChI=1S/C10H19NO3/c1-8(12)4-5-11-6-9(13)14-7-10(11,2)3/h8,12H,4-7H2,1-3H3. The SMILES string of the molecule is CC(O)CCN1CC(=O)OCC1(C)C. The second kappa shape index (κ2) is 4.28. The van der Waals surface area contributed by atoms with Crippen molar-refractivity contribution in [3.63, 3.8) is 0 Å². The van der Waals surface area contributed by atoms with Gasteiger partial charge in [-0.2, -0.15) is 0 Å². The van der Waals surface area contributed by atoms with Crippen LogP contribution in [0.3, 0.4) is 0 Å². The second-order valence-corrected chi connectivity index (χ2v) is 4.53. The number of esters is 1. The van der Waals surface area contributed by atoms with Gasteiger partial charge in [-0.05, 0) is 27.2 Å². The molecule has 0 aliphatic carbocycles. The Bertz CT molecular complexity index is 213. The van der Waals surface area contributed by atoms with Gasteiger partial charge < -0.3 is 9.84 Å². The maximum Gasteiger partial charge on any atom is 0.320 e. The maximum atomic E-state index is 11.1. The Balaban J connectivity index is 2.50. The molecule has 0 amide bonds. The smallest absolute Gasteiger partial charge is 0.320 e. The van der Waals surface area contributed by atoms with E-state index in [1.54, 1.807) is 6.92 Å². The van der Waals surface area contributed by atoms with Crippen molar-refractivity contribution in [1.29, 1.82) is 0 Å². The van der Waals surface area contributed by atoms with Crippen molar-refractivity contribution in [2.24, 2.45) is 0 Å². The zero-order chi connectivity index (χ0) is 10.8. The maximum absolute atomic E-state index is 11.1. The van der Waals surface area contributed by atoms with Gasteiger partial charge in [-0.25, -0.2) is 0 Å². The minimum absolute atomic E-state index is 0.108. The van der Waals surface area contributed by atoms with Crippen molar-refractivity contribution < 1.29 is 14.6 Å². The van der Waals surface area contributed by atoms with Gasteiger partial charge >= 0.3 is 5.97 Å². The van der Waals surface area contributed by atoms with Gasteiger partial charge in [-0.1, -0.05) is 0 Å². The van der Waals surface area contributed by atoms with Crippen molar-refractivity contribution in [2.75, 3.05) is 19.7 Å². The monoisotopic (exact) mass is 201 g/mol. The van der Waals surface area contributed by atoms with Crippen LogP contribution < -0.4 is 0 Å². The first-order valence-electron chi connectivity index (χ1n) is 5.00. The van der Waals surface area contributed by atoms with E-state index in [2.05, 4.69) is 4.90 Å². The van der Waals surface area contributed by atoms with Crippen LogP contribution in [0.25, 0.3) is 0 Å². The summed E-state index contributed by atoms with van der Waals surface area (Å²) in [5.41, 5.74) is -0.108. The van der Waals surface area contributed by atoms with E-state index in [0.717, 1.165) is 6.54 Å². The molecule has 0 bridgehead atoms. The highest BCUT2D eigenvalue weighted by molar-refractivity contribution is 5.72. The molecule has 0 spiro atoms. The number of ether oxygens (including phenoxy) is 1. The lowest BCUT2D eigenvalue weighted by molar-refractivity contribution is -0.160. The molecule has 0 aromatic heterocycles. The number of rotatable bonds is 3. The Kier molecular flexibility index (Phi) is 3.50. The van der Waals surface area contributed by atoms with E-state index >= 15 is 0 Å². The van der Waals surface area contributed by atoms with E-state index in [9.17, 15) is 9.90 Å². The molecular weight excluding hydrogens is 182 g/mol. The topological polar surface area (TPSA) is 49.8 Å². The molecule has 0 aromatic carbocycles. The Morgan fingerprint density at radius 3 is 2.86 bits per heavy atom. The highest BCUT2D eigenvalue weighted by Gasteiger charge is 2.34. The molecule has 82 valence electrons. The molecule has 1 aliphatic heterocycles. The lowest BCUT2D eigenvalue weighted by Gasteiger charge is -2.41. The van der Waals surface area contributed by atoms with E-state index in [4.69, 9.17) is 4.74 Å². The van der Waals surface area contributed by atoms with Gasteiger partial charge in [0.05, 0.1) is 18.2 Å². The Labute approximate surface area is 84.8 Å². The van der Waals surface area contributed by atoms with Crippen LogP contribution in [0.15, 0.2) is 0 Å². The third-order valence-electron chi connectivity index (χ3n) is 2.58. The van der Waals surface area contributed by atoms with Crippen LogP contribution in [0.5, 0.6) is 0 Å². The quantitative estimate of drug-likeness (QED) is 0.671. The summed E-state index contributed by atoms with van der Waals surface area (Å²) in [5.74, 6) is -0.171. The molecule has 14 heavy (non-hydrogen) atoms. The minimum atomic E-state index is -0.316. The summed E-state index contributed by atoms with van der Waals surface area (Å²) >= 11 is 0. The average molecular weight is 201 g/mol. The number of morpholine rings is 1. The first kappa shape index (κ1) is 11.5. The predicted molar refractivity (Wildman–Crippen MR) is 52.9 cm³/mol. The first-order valence-corrected chi connectivity index (χ1v) is 5.00. The molecule has 4 heteroatoms. The van der Waals surface area contributed by atoms with Gasteiger partial charge in [-0.3, -0.25) is 9.69 Å². The molecule has 0 saturated carbocycles. The summed E-state index contributed by atoms with van der Waals surface area (Å²) in [6.07, 6.45) is 0.375. The predicted octanol–water partition coefficient (Wildman–Crippen LogP) is 0.395. The molecule has 1 fully saturated rings. The number of hydrogen-bond donors (Lipinski definition) is 1. The second-order valence-electron chi connectivity index (χ2n) is 4.53. The molecule has 1 N–H and O–H groups in total. The van der Waals surface area contributed by atoms with Crippen LogP contribution in [0.4, 0.5) is 0 Å². The molecular formula is C10H19NO3. The lowest BCUT2D eigenvalue weighted by atomic mass is 10.0. The summed E-state index contributed by atoms with van der Waals surface area (Å²) in [4.78, 5) is 13.1. The van der Waals surface area contributed by atoms with E-state index in [0.29, 0.717) is 19.6 Å². The van der Waals surface area contributed by atoms with Crippen LogP contribution in [0.2, 0.25) is 0 Å². The van der Waals surface area contributed by atoms with Gasteiger partial charge in [-0.15, -0.1) is 0 Å². The highest BCUT2D eigenvalue weighted by Crippen LogP contribution is 2.19. The minimum Gasteiger partial charge on any atom is -0.463 e. The van der Waals surface area contributed by atoms with Crippen molar-refractivity contribution in [3.8, 4) is 0 Å². The Morgan fingerprint density at radius 1 is 1.64 bits per heavy atom. The molecule has 0 aromatic rings. The molecule has 1 aliphatic rings. The van der Waals surface area contributed by atoms with Gasteiger partial charge in [0, 0.05) is 6.54 Å². The molecule has 0 radical (unpaired) electrons. The average Bonchev–Trinajstić information content (AvgIpc) is 2.07. The summed E-state index contributed by atoms with van der Waals surface area (Å²) < 4.78 is 4.99. The fourth-order valence-electron chi connectivity index (χ4n) is 1.49. The van der Waals surface area contributed by atoms with Crippen LogP contribution in [-0.4, -0.2) is 47.3 Å². The van der Waals surface area contributed by atoms with Gasteiger partial charge in [0.25, 0.3) is 0 Å². The van der Waals surface area contributed by atoms with E-state index in [1.807, 2.05) is 13.8 Å². The summed E-state index contributed by atoms with van der Waals surface area (Å²) in [7, 11) is 0. The van der Waals surface area contributed by atoms with Crippen LogP contribution in [0.1, 0.15) is 27.2 Å². The van der Waals surface area contributed by atoms with Crippen molar-refractivity contribution in [3.05, 3.63) is 0 Å². The fourth-order valence-corrected chi connectivity index (χ4v) is 1.49. The van der Waals surface area contributed by atoms with E-state index < -0.39 is 0 Å². The third-order valence-corrected chi connectivity index (χ3v) is 2.58. The van der Waals surface area contributed by atoms with Crippen LogP contribution in [0, 0.1) is 0 Å². The molecule has 4 nitrogen and oxygen atoms in total. The molecule has 1 saturated heterocycles. The molecule has 1 heterocycles. The van der Waals surface area contributed by atoms with E-state index in [1.165, 1.54) is 0 Å².